The topological polar surface area (TPSA) is 20.2 Å². The molecule has 0 aromatic heterocycles. The van der Waals surface area contributed by atoms with Crippen LogP contribution in [0, 0.1) is 0 Å². The molecule has 10 heavy (non-hydrogen) atoms. The van der Waals surface area contributed by atoms with Crippen molar-refractivity contribution in [2.75, 3.05) is 5.86 Å². The number of aliphatic hydroxyl groups is 1. The summed E-state index contributed by atoms with van der Waals surface area (Å²) in [5.74, 6) is -0.989. The normalized spacial score (nSPS) is 17.6. The molecule has 0 amide bonds. The van der Waals surface area contributed by atoms with Crippen molar-refractivity contribution < 1.29 is 6.48 Å². The second kappa shape index (κ2) is 3.59. The minimum absolute atomic E-state index is 0.683. The lowest BCUT2D eigenvalue weighted by atomic mass is 10.1. The third kappa shape index (κ3) is 1.72. The van der Waals surface area contributed by atoms with Crippen LogP contribution in [0.1, 0.15) is 13.0 Å². The van der Waals surface area contributed by atoms with Crippen LogP contribution in [-0.4, -0.2) is 11.0 Å². The lowest BCUT2D eigenvalue weighted by molar-refractivity contribution is 0.202. The molecule has 0 bridgehead atoms. The van der Waals surface area contributed by atoms with E-state index in [1.165, 1.54) is 0 Å². The highest BCUT2D eigenvalue weighted by Gasteiger charge is 2.02. The number of aliphatic hydroxyl groups excluding tert-OH is 1. The Hall–Kier alpha value is -0.530. The zero-order valence-corrected chi connectivity index (χ0v) is 6.12. The van der Waals surface area contributed by atoms with Gasteiger partial charge >= 0.3 is 0 Å². The van der Waals surface area contributed by atoms with Crippen LogP contribution in [0.15, 0.2) is 30.3 Å². The molecule has 1 aromatic carbocycles. The van der Waals surface area contributed by atoms with Crippen molar-refractivity contribution in [2.24, 2.45) is 0 Å². The predicted octanol–water partition coefficient (Wildman–Crippen LogP) is 1.96. The number of hydrogen-bond donors (Lipinski definition) is 1. The van der Waals surface area contributed by atoms with E-state index in [0.717, 1.165) is 0 Å². The van der Waals surface area contributed by atoms with Crippen LogP contribution in [-0.2, 0) is 0 Å². The van der Waals surface area contributed by atoms with Gasteiger partial charge in [-0.3, -0.25) is 0 Å². The van der Waals surface area contributed by atoms with E-state index in [-0.39, 0.29) is 0 Å². The van der Waals surface area contributed by atoms with Gasteiger partial charge in [0, 0.05) is 1.37 Å². The average molecular weight is 158 g/mol. The minimum Gasteiger partial charge on any atom is -0.387 e. The standard InChI is InChI=1S/C8H9ClO/c9-6-8(10)7-4-2-1-3-5-7/h1-5,8,10H,6H2/i6D/t6-,8?/m0/s1. The summed E-state index contributed by atoms with van der Waals surface area (Å²) in [5.41, 5.74) is 0.683. The van der Waals surface area contributed by atoms with Gasteiger partial charge in [-0.2, -0.15) is 0 Å². The maximum absolute atomic E-state index is 9.28. The summed E-state index contributed by atoms with van der Waals surface area (Å²) in [5, 5.41) is 9.28. The fourth-order valence-corrected chi connectivity index (χ4v) is 0.868. The monoisotopic (exact) mass is 157 g/mol. The first kappa shape index (κ1) is 6.20. The SMILES string of the molecule is [2H][C@H](Cl)C(O)c1ccccc1. The molecule has 0 fully saturated rings. The van der Waals surface area contributed by atoms with Crippen molar-refractivity contribution in [3.05, 3.63) is 35.9 Å². The molecule has 0 radical (unpaired) electrons. The number of hydrogen-bond acceptors (Lipinski definition) is 1. The zero-order chi connectivity index (χ0) is 8.27. The van der Waals surface area contributed by atoms with Crippen molar-refractivity contribution in [1.29, 1.82) is 0 Å². The van der Waals surface area contributed by atoms with E-state index >= 15 is 0 Å². The third-order valence-electron chi connectivity index (χ3n) is 1.26. The van der Waals surface area contributed by atoms with Crippen molar-refractivity contribution in [1.82, 2.24) is 0 Å². The molecule has 0 aliphatic carbocycles. The smallest absolute Gasteiger partial charge is 0.0925 e. The van der Waals surface area contributed by atoms with Gasteiger partial charge in [0.1, 0.15) is 0 Å². The Kier molecular flexibility index (Phi) is 2.23. The molecular weight excluding hydrogens is 148 g/mol. The van der Waals surface area contributed by atoms with E-state index < -0.39 is 12.0 Å². The molecule has 1 rings (SSSR count). The molecule has 0 saturated carbocycles. The maximum atomic E-state index is 9.28. The summed E-state index contributed by atoms with van der Waals surface area (Å²) >= 11 is 5.38. The Morgan fingerprint density at radius 2 is 2.10 bits per heavy atom. The molecule has 54 valence electrons. The predicted molar refractivity (Wildman–Crippen MR) is 42.1 cm³/mol. The van der Waals surface area contributed by atoms with Gasteiger partial charge in [-0.05, 0) is 5.56 Å². The van der Waals surface area contributed by atoms with Crippen molar-refractivity contribution in [3.8, 4) is 0 Å². The van der Waals surface area contributed by atoms with E-state index in [2.05, 4.69) is 0 Å². The molecule has 1 unspecified atom stereocenters. The quantitative estimate of drug-likeness (QED) is 0.651. The molecule has 0 aliphatic heterocycles. The lowest BCUT2D eigenvalue weighted by Crippen LogP contribution is -1.96. The molecular formula is C8H9ClO. The van der Waals surface area contributed by atoms with Crippen LogP contribution < -0.4 is 0 Å². The Morgan fingerprint density at radius 1 is 1.50 bits per heavy atom. The van der Waals surface area contributed by atoms with Crippen molar-refractivity contribution in [2.45, 2.75) is 6.10 Å². The van der Waals surface area contributed by atoms with Crippen molar-refractivity contribution in [3.63, 3.8) is 0 Å². The molecule has 0 spiro atoms. The van der Waals surface area contributed by atoms with Gasteiger partial charge in [-0.25, -0.2) is 0 Å². The molecule has 0 saturated heterocycles. The second-order valence-electron chi connectivity index (χ2n) is 1.98. The van der Waals surface area contributed by atoms with Crippen LogP contribution in [0.3, 0.4) is 0 Å². The van der Waals surface area contributed by atoms with E-state index in [4.69, 9.17) is 13.0 Å². The Labute approximate surface area is 66.7 Å². The van der Waals surface area contributed by atoms with Crippen LogP contribution in [0.5, 0.6) is 0 Å². The van der Waals surface area contributed by atoms with Crippen LogP contribution >= 0.6 is 11.6 Å². The first-order valence-electron chi connectivity index (χ1n) is 3.59. The first-order valence-corrected chi connectivity index (χ1v) is 3.45. The molecule has 1 nitrogen and oxygen atoms in total. The summed E-state index contributed by atoms with van der Waals surface area (Å²) in [6.07, 6.45) is -0.891. The number of benzene rings is 1. The van der Waals surface area contributed by atoms with Gasteiger partial charge in [0.2, 0.25) is 0 Å². The highest BCUT2D eigenvalue weighted by molar-refractivity contribution is 6.18. The number of halogens is 1. The Morgan fingerprint density at radius 3 is 2.60 bits per heavy atom. The van der Waals surface area contributed by atoms with Crippen LogP contribution in [0.25, 0.3) is 0 Å². The van der Waals surface area contributed by atoms with E-state index in [0.29, 0.717) is 5.56 Å². The summed E-state index contributed by atoms with van der Waals surface area (Å²) in [4.78, 5) is 0. The van der Waals surface area contributed by atoms with Crippen molar-refractivity contribution >= 4 is 11.6 Å². The fraction of sp³-hybridized carbons (Fsp3) is 0.250. The maximum Gasteiger partial charge on any atom is 0.0925 e. The largest absolute Gasteiger partial charge is 0.387 e. The van der Waals surface area contributed by atoms with E-state index in [1.807, 2.05) is 6.07 Å². The van der Waals surface area contributed by atoms with E-state index in [9.17, 15) is 5.11 Å². The van der Waals surface area contributed by atoms with Gasteiger partial charge in [0.05, 0.1) is 12.0 Å². The van der Waals surface area contributed by atoms with Crippen LogP contribution in [0.4, 0.5) is 0 Å². The number of alkyl halides is 1. The molecule has 1 aromatic rings. The fourth-order valence-electron chi connectivity index (χ4n) is 0.723. The van der Waals surface area contributed by atoms with Gasteiger partial charge in [0.25, 0.3) is 0 Å². The van der Waals surface area contributed by atoms with Gasteiger partial charge in [0.15, 0.2) is 0 Å². The lowest BCUT2D eigenvalue weighted by Gasteiger charge is -2.04. The minimum atomic E-state index is -0.989. The molecule has 1 N–H and O–H groups in total. The third-order valence-corrected chi connectivity index (χ3v) is 1.50. The average Bonchev–Trinajstić information content (AvgIpc) is 2.05. The number of rotatable bonds is 2. The Balaban J connectivity index is 2.77. The molecule has 0 heterocycles. The van der Waals surface area contributed by atoms with Gasteiger partial charge < -0.3 is 5.11 Å². The highest BCUT2D eigenvalue weighted by atomic mass is 35.5. The summed E-state index contributed by atoms with van der Waals surface area (Å²) in [6.45, 7) is 0. The van der Waals surface area contributed by atoms with E-state index in [1.54, 1.807) is 24.3 Å². The van der Waals surface area contributed by atoms with Gasteiger partial charge in [-0.15, -0.1) is 11.6 Å². The Bertz CT molecular complexity index is 213. The summed E-state index contributed by atoms with van der Waals surface area (Å²) in [6, 6.07) is 8.95. The summed E-state index contributed by atoms with van der Waals surface area (Å²) in [7, 11) is 0. The molecule has 0 aliphatic rings. The van der Waals surface area contributed by atoms with Gasteiger partial charge in [-0.1, -0.05) is 30.3 Å². The van der Waals surface area contributed by atoms with Crippen LogP contribution in [0.2, 0.25) is 0 Å². The first-order chi connectivity index (χ1) is 5.22. The summed E-state index contributed by atoms with van der Waals surface area (Å²) < 4.78 is 7.04. The second-order valence-corrected chi connectivity index (χ2v) is 2.23. The zero-order valence-electron chi connectivity index (χ0n) is 6.37. The molecule has 2 atom stereocenters. The molecule has 2 heteroatoms. The highest BCUT2D eigenvalue weighted by Crippen LogP contribution is 2.12.